The van der Waals surface area contributed by atoms with E-state index >= 15 is 0 Å². The Morgan fingerprint density at radius 1 is 1.43 bits per heavy atom. The Labute approximate surface area is 124 Å². The number of amides is 1. The van der Waals surface area contributed by atoms with Gasteiger partial charge in [0, 0.05) is 38.7 Å². The van der Waals surface area contributed by atoms with E-state index in [9.17, 15) is 4.79 Å². The first-order valence-corrected chi connectivity index (χ1v) is 6.87. The number of nitrogens with one attached hydrogen (secondary N) is 1. The van der Waals surface area contributed by atoms with Gasteiger partial charge in [-0.1, -0.05) is 0 Å². The number of carbonyl (C=O) groups excluding carboxylic acids is 1. The highest BCUT2D eigenvalue weighted by Gasteiger charge is 2.10. The zero-order chi connectivity index (χ0) is 15.4. The third kappa shape index (κ3) is 3.81. The maximum absolute atomic E-state index is 11.6. The molecule has 2 heterocycles. The summed E-state index contributed by atoms with van der Waals surface area (Å²) in [5, 5.41) is 7.59. The molecule has 2 aromatic rings. The van der Waals surface area contributed by atoms with Gasteiger partial charge in [0.2, 0.25) is 5.91 Å². The number of nitrogens with zero attached hydrogens (tertiary/aromatic N) is 4. The minimum Gasteiger partial charge on any atom is -0.376 e. The Morgan fingerprint density at radius 3 is 2.86 bits per heavy atom. The Balaban J connectivity index is 2.02. The fraction of sp³-hybridized carbons (Fsp3) is 0.400. The lowest BCUT2D eigenvalue weighted by Crippen LogP contribution is -2.26. The van der Waals surface area contributed by atoms with Crippen LogP contribution in [-0.2, 0) is 11.3 Å². The lowest BCUT2D eigenvalue weighted by atomic mass is 10.1. The van der Waals surface area contributed by atoms with Crippen LogP contribution in [0.15, 0.2) is 30.9 Å². The van der Waals surface area contributed by atoms with Gasteiger partial charge in [0.15, 0.2) is 0 Å². The van der Waals surface area contributed by atoms with Crippen LogP contribution in [0.1, 0.15) is 24.1 Å². The van der Waals surface area contributed by atoms with Crippen molar-refractivity contribution >= 4 is 11.6 Å². The van der Waals surface area contributed by atoms with Crippen LogP contribution in [-0.4, -0.2) is 39.7 Å². The van der Waals surface area contributed by atoms with Gasteiger partial charge >= 0.3 is 0 Å². The van der Waals surface area contributed by atoms with Crippen molar-refractivity contribution < 1.29 is 4.79 Å². The highest BCUT2D eigenvalue weighted by molar-refractivity contribution is 5.75. The second kappa shape index (κ2) is 6.39. The zero-order valence-electron chi connectivity index (χ0n) is 12.9. The SMILES string of the molecule is Cc1cnccc1C(C)Nc1cnn(CC(=O)N(C)C)c1. The summed E-state index contributed by atoms with van der Waals surface area (Å²) in [5.41, 5.74) is 3.24. The van der Waals surface area contributed by atoms with Gasteiger partial charge in [-0.15, -0.1) is 0 Å². The fourth-order valence-corrected chi connectivity index (χ4v) is 2.10. The van der Waals surface area contributed by atoms with E-state index in [0.29, 0.717) is 0 Å². The predicted molar refractivity (Wildman–Crippen MR) is 81.9 cm³/mol. The molecule has 21 heavy (non-hydrogen) atoms. The molecule has 0 aromatic carbocycles. The Bertz CT molecular complexity index is 620. The minimum absolute atomic E-state index is 0.0164. The Hall–Kier alpha value is -2.37. The van der Waals surface area contributed by atoms with Crippen LogP contribution in [0.2, 0.25) is 0 Å². The van der Waals surface area contributed by atoms with Crippen LogP contribution in [0.4, 0.5) is 5.69 Å². The van der Waals surface area contributed by atoms with E-state index in [1.165, 1.54) is 5.56 Å². The summed E-state index contributed by atoms with van der Waals surface area (Å²) in [7, 11) is 3.47. The Kier molecular flexibility index (Phi) is 4.57. The molecule has 2 rings (SSSR count). The van der Waals surface area contributed by atoms with E-state index in [1.807, 2.05) is 25.4 Å². The first-order chi connectivity index (χ1) is 9.97. The van der Waals surface area contributed by atoms with E-state index < -0.39 is 0 Å². The monoisotopic (exact) mass is 287 g/mol. The van der Waals surface area contributed by atoms with Gasteiger partial charge in [0.1, 0.15) is 6.54 Å². The zero-order valence-corrected chi connectivity index (χ0v) is 12.9. The fourth-order valence-electron chi connectivity index (χ4n) is 2.10. The molecule has 0 radical (unpaired) electrons. The van der Waals surface area contributed by atoms with Crippen LogP contribution < -0.4 is 5.32 Å². The third-order valence-electron chi connectivity index (χ3n) is 3.34. The predicted octanol–water partition coefficient (Wildman–Crippen LogP) is 1.85. The summed E-state index contributed by atoms with van der Waals surface area (Å²) < 4.78 is 1.64. The quantitative estimate of drug-likeness (QED) is 0.911. The molecule has 0 aliphatic rings. The van der Waals surface area contributed by atoms with Crippen LogP contribution in [0.5, 0.6) is 0 Å². The molecule has 0 bridgehead atoms. The van der Waals surface area contributed by atoms with Crippen molar-refractivity contribution in [1.29, 1.82) is 0 Å². The molecule has 1 unspecified atom stereocenters. The number of aromatic nitrogens is 3. The van der Waals surface area contributed by atoms with Gasteiger partial charge in [0.25, 0.3) is 0 Å². The highest BCUT2D eigenvalue weighted by Crippen LogP contribution is 2.20. The van der Waals surface area contributed by atoms with Gasteiger partial charge in [0.05, 0.1) is 11.9 Å². The second-order valence-electron chi connectivity index (χ2n) is 5.31. The summed E-state index contributed by atoms with van der Waals surface area (Å²) >= 11 is 0. The van der Waals surface area contributed by atoms with Crippen molar-refractivity contribution in [3.63, 3.8) is 0 Å². The van der Waals surface area contributed by atoms with Crippen LogP contribution in [0.3, 0.4) is 0 Å². The van der Waals surface area contributed by atoms with E-state index in [1.54, 1.807) is 36.1 Å². The van der Waals surface area contributed by atoms with Crippen LogP contribution in [0.25, 0.3) is 0 Å². The number of likely N-dealkylation sites (N-methyl/N-ethyl adjacent to an activating group) is 1. The number of hydrogen-bond donors (Lipinski definition) is 1. The van der Waals surface area contributed by atoms with Crippen molar-refractivity contribution in [1.82, 2.24) is 19.7 Å². The van der Waals surface area contributed by atoms with Gasteiger partial charge in [-0.05, 0) is 31.0 Å². The molecule has 0 aliphatic carbocycles. The molecule has 6 nitrogen and oxygen atoms in total. The van der Waals surface area contributed by atoms with Crippen molar-refractivity contribution in [3.05, 3.63) is 42.0 Å². The van der Waals surface area contributed by atoms with Gasteiger partial charge in [-0.25, -0.2) is 0 Å². The smallest absolute Gasteiger partial charge is 0.243 e. The molecule has 0 saturated heterocycles. The number of rotatable bonds is 5. The molecular formula is C15H21N5O. The molecule has 0 spiro atoms. The largest absolute Gasteiger partial charge is 0.376 e. The van der Waals surface area contributed by atoms with Gasteiger partial charge in [-0.2, -0.15) is 5.10 Å². The standard InChI is InChI=1S/C15H21N5O/c1-11-7-16-6-5-14(11)12(2)18-13-8-17-20(9-13)10-15(21)19(3)4/h5-9,12,18H,10H2,1-4H3. The van der Waals surface area contributed by atoms with Crippen molar-refractivity contribution in [2.24, 2.45) is 0 Å². The lowest BCUT2D eigenvalue weighted by molar-refractivity contribution is -0.129. The lowest BCUT2D eigenvalue weighted by Gasteiger charge is -2.16. The summed E-state index contributed by atoms with van der Waals surface area (Å²) in [4.78, 5) is 17.3. The number of hydrogen-bond acceptors (Lipinski definition) is 4. The van der Waals surface area contributed by atoms with E-state index in [-0.39, 0.29) is 18.5 Å². The molecule has 1 N–H and O–H groups in total. The molecule has 2 aromatic heterocycles. The van der Waals surface area contributed by atoms with Crippen LogP contribution in [0, 0.1) is 6.92 Å². The summed E-state index contributed by atoms with van der Waals surface area (Å²) in [5.74, 6) is 0.0164. The first-order valence-electron chi connectivity index (χ1n) is 6.87. The number of pyridine rings is 1. The summed E-state index contributed by atoms with van der Waals surface area (Å²) in [6.45, 7) is 4.38. The van der Waals surface area contributed by atoms with E-state index in [0.717, 1.165) is 11.3 Å². The molecule has 0 saturated carbocycles. The number of aryl methyl sites for hydroxylation is 1. The highest BCUT2D eigenvalue weighted by atomic mass is 16.2. The molecule has 6 heteroatoms. The van der Waals surface area contributed by atoms with Crippen molar-refractivity contribution in [2.45, 2.75) is 26.4 Å². The summed E-state index contributed by atoms with van der Waals surface area (Å²) in [6.07, 6.45) is 7.22. The molecule has 1 atom stereocenters. The van der Waals surface area contributed by atoms with E-state index in [4.69, 9.17) is 0 Å². The molecule has 112 valence electrons. The molecular weight excluding hydrogens is 266 g/mol. The maximum Gasteiger partial charge on any atom is 0.243 e. The summed E-state index contributed by atoms with van der Waals surface area (Å²) in [6, 6.07) is 2.16. The molecule has 0 aliphatic heterocycles. The van der Waals surface area contributed by atoms with Gasteiger partial charge < -0.3 is 10.2 Å². The number of carbonyl (C=O) groups is 1. The van der Waals surface area contributed by atoms with Crippen LogP contribution >= 0.6 is 0 Å². The minimum atomic E-state index is 0.0164. The van der Waals surface area contributed by atoms with E-state index in [2.05, 4.69) is 22.3 Å². The maximum atomic E-state index is 11.6. The average molecular weight is 287 g/mol. The normalized spacial score (nSPS) is 12.0. The first kappa shape index (κ1) is 15.0. The second-order valence-corrected chi connectivity index (χ2v) is 5.31. The van der Waals surface area contributed by atoms with Gasteiger partial charge in [-0.3, -0.25) is 14.5 Å². The van der Waals surface area contributed by atoms with Crippen molar-refractivity contribution in [2.75, 3.05) is 19.4 Å². The topological polar surface area (TPSA) is 63.1 Å². The molecule has 1 amide bonds. The van der Waals surface area contributed by atoms with Crippen molar-refractivity contribution in [3.8, 4) is 0 Å². The third-order valence-corrected chi connectivity index (χ3v) is 3.34. The molecule has 0 fully saturated rings. The number of anilines is 1. The Morgan fingerprint density at radius 2 is 2.19 bits per heavy atom. The average Bonchev–Trinajstić information content (AvgIpc) is 2.86.